The number of aromatic amines is 1. The number of fused-ring (bicyclic) bond motifs is 1. The van der Waals surface area contributed by atoms with Crippen molar-refractivity contribution in [2.24, 2.45) is 0 Å². The molecular weight excluding hydrogens is 226 g/mol. The van der Waals surface area contributed by atoms with Gasteiger partial charge in [0, 0.05) is 31.2 Å². The van der Waals surface area contributed by atoms with Crippen LogP contribution in [0.4, 0.5) is 0 Å². The molecule has 2 N–H and O–H groups in total. The predicted octanol–water partition coefficient (Wildman–Crippen LogP) is 1.66. The Morgan fingerprint density at radius 1 is 1.28 bits per heavy atom. The first-order chi connectivity index (χ1) is 8.84. The van der Waals surface area contributed by atoms with Crippen LogP contribution in [0.5, 0.6) is 0 Å². The van der Waals surface area contributed by atoms with Gasteiger partial charge in [0.05, 0.1) is 11.4 Å². The smallest absolute Gasteiger partial charge is 0.137 e. The highest BCUT2D eigenvalue weighted by Gasteiger charge is 2.07. The van der Waals surface area contributed by atoms with E-state index in [0.717, 1.165) is 30.1 Å². The second-order valence-electron chi connectivity index (χ2n) is 4.26. The van der Waals surface area contributed by atoms with E-state index in [2.05, 4.69) is 24.9 Å². The number of aromatic nitrogens is 4. The first kappa shape index (κ1) is 11.0. The summed E-state index contributed by atoms with van der Waals surface area (Å²) in [5.74, 6) is 0. The molecule has 0 fully saturated rings. The molecule has 0 aliphatic carbocycles. The maximum atomic E-state index is 4.53. The number of hydrogen-bond acceptors (Lipinski definition) is 3. The molecule has 0 spiro atoms. The van der Waals surface area contributed by atoms with Crippen LogP contribution in [0.2, 0.25) is 0 Å². The summed E-state index contributed by atoms with van der Waals surface area (Å²) in [5.41, 5.74) is 4.35. The summed E-state index contributed by atoms with van der Waals surface area (Å²) in [6.45, 7) is 3.61. The highest BCUT2D eigenvalue weighted by atomic mass is 15.1. The zero-order valence-corrected chi connectivity index (χ0v) is 10.2. The Kier molecular flexibility index (Phi) is 2.82. The highest BCUT2D eigenvalue weighted by molar-refractivity contribution is 5.42. The lowest BCUT2D eigenvalue weighted by molar-refractivity contribution is 0.659. The molecule has 0 atom stereocenters. The Hall–Kier alpha value is -2.14. The molecule has 0 aliphatic rings. The molecule has 5 nitrogen and oxygen atoms in total. The molecule has 3 rings (SSSR count). The van der Waals surface area contributed by atoms with E-state index in [0.29, 0.717) is 0 Å². The van der Waals surface area contributed by atoms with Crippen LogP contribution < -0.4 is 5.32 Å². The third kappa shape index (κ3) is 2.00. The van der Waals surface area contributed by atoms with E-state index in [1.54, 1.807) is 6.20 Å². The monoisotopic (exact) mass is 241 g/mol. The molecule has 0 unspecified atom stereocenters. The normalized spacial score (nSPS) is 11.2. The van der Waals surface area contributed by atoms with Gasteiger partial charge in [0.1, 0.15) is 5.65 Å². The number of nitrogens with zero attached hydrogens (tertiary/aromatic N) is 3. The van der Waals surface area contributed by atoms with Crippen LogP contribution in [-0.4, -0.2) is 19.6 Å². The van der Waals surface area contributed by atoms with E-state index in [1.807, 2.05) is 37.4 Å². The Morgan fingerprint density at radius 2 is 2.22 bits per heavy atom. The second-order valence-corrected chi connectivity index (χ2v) is 4.26. The summed E-state index contributed by atoms with van der Waals surface area (Å²) in [7, 11) is 0. The maximum Gasteiger partial charge on any atom is 0.137 e. The zero-order chi connectivity index (χ0) is 12.4. The summed E-state index contributed by atoms with van der Waals surface area (Å²) >= 11 is 0. The zero-order valence-electron chi connectivity index (χ0n) is 10.2. The van der Waals surface area contributed by atoms with Crippen molar-refractivity contribution >= 4 is 5.65 Å². The molecule has 3 heterocycles. The summed E-state index contributed by atoms with van der Waals surface area (Å²) in [4.78, 5) is 4.53. The molecule has 0 amide bonds. The lowest BCUT2D eigenvalue weighted by atomic mass is 10.3. The van der Waals surface area contributed by atoms with Gasteiger partial charge in [-0.2, -0.15) is 5.10 Å². The van der Waals surface area contributed by atoms with Gasteiger partial charge in [0.15, 0.2) is 0 Å². The van der Waals surface area contributed by atoms with Crippen LogP contribution in [0.25, 0.3) is 5.65 Å². The van der Waals surface area contributed by atoms with Crippen molar-refractivity contribution in [3.05, 3.63) is 53.7 Å². The van der Waals surface area contributed by atoms with Crippen molar-refractivity contribution in [3.8, 4) is 0 Å². The topological polar surface area (TPSA) is 58.0 Å². The van der Waals surface area contributed by atoms with Crippen LogP contribution in [0.15, 0.2) is 36.7 Å². The molecule has 0 saturated carbocycles. The van der Waals surface area contributed by atoms with Crippen LogP contribution in [-0.2, 0) is 13.1 Å². The van der Waals surface area contributed by atoms with E-state index >= 15 is 0 Å². The van der Waals surface area contributed by atoms with Crippen molar-refractivity contribution in [3.63, 3.8) is 0 Å². The second kappa shape index (κ2) is 4.62. The van der Waals surface area contributed by atoms with Gasteiger partial charge in [-0.1, -0.05) is 6.07 Å². The van der Waals surface area contributed by atoms with Gasteiger partial charge in [-0.15, -0.1) is 0 Å². The molecule has 3 aromatic heterocycles. The number of rotatable bonds is 4. The minimum atomic E-state index is 0.777. The average Bonchev–Trinajstić information content (AvgIpc) is 2.98. The van der Waals surface area contributed by atoms with E-state index in [9.17, 15) is 0 Å². The SMILES string of the molecule is Cc1nc2ccccn2c1CNCc1ccn[nH]1. The van der Waals surface area contributed by atoms with E-state index in [1.165, 1.54) is 5.69 Å². The summed E-state index contributed by atoms with van der Waals surface area (Å²) in [6.07, 6.45) is 3.80. The largest absolute Gasteiger partial charge is 0.306 e. The van der Waals surface area contributed by atoms with Crippen molar-refractivity contribution in [1.82, 2.24) is 24.9 Å². The molecule has 5 heteroatoms. The lowest BCUT2D eigenvalue weighted by Gasteiger charge is -2.04. The predicted molar refractivity (Wildman–Crippen MR) is 69.1 cm³/mol. The van der Waals surface area contributed by atoms with E-state index < -0.39 is 0 Å². The van der Waals surface area contributed by atoms with Gasteiger partial charge in [0.25, 0.3) is 0 Å². The van der Waals surface area contributed by atoms with E-state index in [4.69, 9.17) is 0 Å². The average molecular weight is 241 g/mol. The summed E-state index contributed by atoms with van der Waals surface area (Å²) in [6, 6.07) is 8.01. The molecule has 92 valence electrons. The number of hydrogen-bond donors (Lipinski definition) is 2. The standard InChI is InChI=1S/C13H15N5/c1-10-12(9-14-8-11-5-6-15-17-11)18-7-3-2-4-13(18)16-10/h2-7,14H,8-9H2,1H3,(H,15,17). The number of nitrogens with one attached hydrogen (secondary N) is 2. The molecule has 0 aliphatic heterocycles. The van der Waals surface area contributed by atoms with Gasteiger partial charge < -0.3 is 9.72 Å². The molecule has 0 radical (unpaired) electrons. The van der Waals surface area contributed by atoms with Crippen LogP contribution >= 0.6 is 0 Å². The van der Waals surface area contributed by atoms with Crippen LogP contribution in [0.3, 0.4) is 0 Å². The minimum absolute atomic E-state index is 0.777. The Labute approximate surface area is 105 Å². The number of aryl methyl sites for hydroxylation is 1. The first-order valence-electron chi connectivity index (χ1n) is 5.96. The van der Waals surface area contributed by atoms with Gasteiger partial charge in [0.2, 0.25) is 0 Å². The fourth-order valence-corrected chi connectivity index (χ4v) is 2.08. The van der Waals surface area contributed by atoms with Crippen molar-refractivity contribution < 1.29 is 0 Å². The first-order valence-corrected chi connectivity index (χ1v) is 5.96. The highest BCUT2D eigenvalue weighted by Crippen LogP contribution is 2.11. The number of H-pyrrole nitrogens is 1. The van der Waals surface area contributed by atoms with Crippen LogP contribution in [0, 0.1) is 6.92 Å². The Balaban J connectivity index is 1.76. The summed E-state index contributed by atoms with van der Waals surface area (Å²) < 4.78 is 2.12. The Morgan fingerprint density at radius 3 is 3.06 bits per heavy atom. The lowest BCUT2D eigenvalue weighted by Crippen LogP contribution is -2.15. The quantitative estimate of drug-likeness (QED) is 0.730. The van der Waals surface area contributed by atoms with E-state index in [-0.39, 0.29) is 0 Å². The fraction of sp³-hybridized carbons (Fsp3) is 0.231. The van der Waals surface area contributed by atoms with Gasteiger partial charge in [-0.05, 0) is 25.1 Å². The third-order valence-corrected chi connectivity index (χ3v) is 3.00. The van der Waals surface area contributed by atoms with Gasteiger partial charge in [-0.25, -0.2) is 4.98 Å². The molecule has 0 saturated heterocycles. The molecule has 0 bridgehead atoms. The van der Waals surface area contributed by atoms with Crippen molar-refractivity contribution in [2.75, 3.05) is 0 Å². The number of pyridine rings is 1. The van der Waals surface area contributed by atoms with Crippen LogP contribution in [0.1, 0.15) is 17.1 Å². The minimum Gasteiger partial charge on any atom is -0.306 e. The van der Waals surface area contributed by atoms with Gasteiger partial charge >= 0.3 is 0 Å². The Bertz CT molecular complexity index is 639. The molecule has 0 aromatic carbocycles. The van der Waals surface area contributed by atoms with Gasteiger partial charge in [-0.3, -0.25) is 5.10 Å². The molecule has 3 aromatic rings. The molecular formula is C13H15N5. The number of imidazole rings is 1. The molecule has 18 heavy (non-hydrogen) atoms. The summed E-state index contributed by atoms with van der Waals surface area (Å²) in [5, 5.41) is 10.2. The third-order valence-electron chi connectivity index (χ3n) is 3.00. The fourth-order valence-electron chi connectivity index (χ4n) is 2.08. The van der Waals surface area contributed by atoms with Crippen molar-refractivity contribution in [2.45, 2.75) is 20.0 Å². The maximum absolute atomic E-state index is 4.53. The van der Waals surface area contributed by atoms with Crippen molar-refractivity contribution in [1.29, 1.82) is 0 Å².